The number of hydrogen-bond acceptors (Lipinski definition) is 3. The van der Waals surface area contributed by atoms with Crippen LogP contribution in [0, 0.1) is 3.57 Å². The summed E-state index contributed by atoms with van der Waals surface area (Å²) in [5.74, 6) is 0. The van der Waals surface area contributed by atoms with Crippen LogP contribution in [0.25, 0.3) is 10.2 Å². The number of nitrogens with one attached hydrogen (secondary N) is 1. The van der Waals surface area contributed by atoms with Crippen LogP contribution >= 0.6 is 33.9 Å². The first kappa shape index (κ1) is 10.4. The lowest BCUT2D eigenvalue weighted by Gasteiger charge is -2.06. The first-order valence-electron chi connectivity index (χ1n) is 4.28. The highest BCUT2D eigenvalue weighted by atomic mass is 127. The second-order valence-electron chi connectivity index (χ2n) is 2.84. The monoisotopic (exact) mass is 323 g/mol. The predicted molar refractivity (Wildman–Crippen MR) is 65.5 cm³/mol. The van der Waals surface area contributed by atoms with Crippen LogP contribution in [0.15, 0.2) is 12.3 Å². The topological polar surface area (TPSA) is 45.2 Å². The molecule has 0 radical (unpaired) electrons. The van der Waals surface area contributed by atoms with E-state index in [0.717, 1.165) is 10.4 Å². The first-order valence-corrected chi connectivity index (χ1v) is 6.18. The smallest absolute Gasteiger partial charge is 0.190 e. The number of halogens is 1. The summed E-state index contributed by atoms with van der Waals surface area (Å²) in [4.78, 5) is 3.99. The van der Waals surface area contributed by atoms with E-state index in [1.165, 1.54) is 8.27 Å². The van der Waals surface area contributed by atoms with Crippen LogP contribution in [-0.2, 0) is 4.74 Å². The van der Waals surface area contributed by atoms with Gasteiger partial charge in [-0.25, -0.2) is 0 Å². The lowest BCUT2D eigenvalue weighted by atomic mass is 10.4. The minimum absolute atomic E-state index is 0.518. The molecule has 3 nitrogen and oxygen atoms in total. The lowest BCUT2D eigenvalue weighted by molar-refractivity contribution is -0.0954. The molecule has 1 atom stereocenters. The molecule has 2 aromatic heterocycles. The maximum atomic E-state index is 9.60. The summed E-state index contributed by atoms with van der Waals surface area (Å²) in [5.41, 5.74) is 1.06. The van der Waals surface area contributed by atoms with Gasteiger partial charge in [-0.05, 0) is 35.6 Å². The van der Waals surface area contributed by atoms with Crippen molar-refractivity contribution in [3.63, 3.8) is 0 Å². The molecule has 2 rings (SSSR count). The van der Waals surface area contributed by atoms with Gasteiger partial charge in [0.2, 0.25) is 0 Å². The van der Waals surface area contributed by atoms with Crippen molar-refractivity contribution < 1.29 is 9.84 Å². The summed E-state index contributed by atoms with van der Waals surface area (Å²) in [6, 6.07) is 1.93. The zero-order valence-electron chi connectivity index (χ0n) is 7.58. The van der Waals surface area contributed by atoms with Gasteiger partial charge in [0, 0.05) is 16.4 Å². The second-order valence-corrected chi connectivity index (χ2v) is 5.08. The number of aromatic amines is 1. The largest absolute Gasteiger partial charge is 0.364 e. The van der Waals surface area contributed by atoms with Crippen molar-refractivity contribution in [2.24, 2.45) is 0 Å². The molecule has 1 unspecified atom stereocenters. The number of H-pyrrole nitrogens is 1. The van der Waals surface area contributed by atoms with Gasteiger partial charge in [-0.15, -0.1) is 11.3 Å². The van der Waals surface area contributed by atoms with Crippen molar-refractivity contribution >= 4 is 44.1 Å². The van der Waals surface area contributed by atoms with Crippen molar-refractivity contribution in [2.45, 2.75) is 13.2 Å². The number of hydrogen-bond donors (Lipinski definition) is 2. The average molecular weight is 323 g/mol. The van der Waals surface area contributed by atoms with Crippen LogP contribution in [0.4, 0.5) is 0 Å². The molecule has 0 amide bonds. The van der Waals surface area contributed by atoms with E-state index >= 15 is 0 Å². The third-order valence-electron chi connectivity index (χ3n) is 1.89. The molecule has 0 bridgehead atoms. The fourth-order valence-corrected chi connectivity index (χ4v) is 3.01. The molecule has 0 saturated heterocycles. The van der Waals surface area contributed by atoms with E-state index in [2.05, 4.69) is 27.6 Å². The molecule has 0 aliphatic rings. The standard InChI is InChI=1S/C9H10INO2S/c1-2-13-9(12)7-3-6-8(14-7)5(10)4-11-6/h3-4,9,11-12H,2H2,1H3. The SMILES string of the molecule is CCOC(O)c1cc2[nH]cc(I)c2s1. The number of aromatic nitrogens is 1. The minimum atomic E-state index is -0.790. The van der Waals surface area contributed by atoms with Crippen LogP contribution in [0.5, 0.6) is 0 Å². The van der Waals surface area contributed by atoms with Crippen molar-refractivity contribution in [2.75, 3.05) is 6.61 Å². The third kappa shape index (κ3) is 1.81. The van der Waals surface area contributed by atoms with Gasteiger partial charge < -0.3 is 14.8 Å². The molecule has 2 N–H and O–H groups in total. The molecule has 2 aromatic rings. The fraction of sp³-hybridized carbons (Fsp3) is 0.333. The molecule has 14 heavy (non-hydrogen) atoms. The summed E-state index contributed by atoms with van der Waals surface area (Å²) >= 11 is 3.83. The molecule has 0 aliphatic heterocycles. The Morgan fingerprint density at radius 2 is 2.50 bits per heavy atom. The molecule has 0 spiro atoms. The number of rotatable bonds is 3. The maximum absolute atomic E-state index is 9.60. The molecular weight excluding hydrogens is 313 g/mol. The minimum Gasteiger partial charge on any atom is -0.364 e. The number of aliphatic hydroxyl groups is 1. The van der Waals surface area contributed by atoms with Crippen molar-refractivity contribution in [1.29, 1.82) is 0 Å². The summed E-state index contributed by atoms with van der Waals surface area (Å²) in [5, 5.41) is 9.60. The predicted octanol–water partition coefficient (Wildman–Crippen LogP) is 2.86. The van der Waals surface area contributed by atoms with Gasteiger partial charge in [-0.1, -0.05) is 0 Å². The Hall–Kier alpha value is -0.110. The van der Waals surface area contributed by atoms with E-state index in [-0.39, 0.29) is 0 Å². The number of aliphatic hydroxyl groups excluding tert-OH is 1. The van der Waals surface area contributed by atoms with Crippen LogP contribution in [-0.4, -0.2) is 16.7 Å². The van der Waals surface area contributed by atoms with Gasteiger partial charge in [0.1, 0.15) is 0 Å². The van der Waals surface area contributed by atoms with E-state index in [0.29, 0.717) is 6.61 Å². The van der Waals surface area contributed by atoms with Crippen LogP contribution in [0.1, 0.15) is 18.1 Å². The van der Waals surface area contributed by atoms with Crippen LogP contribution in [0.2, 0.25) is 0 Å². The summed E-state index contributed by atoms with van der Waals surface area (Å²) < 4.78 is 7.47. The summed E-state index contributed by atoms with van der Waals surface area (Å²) in [6.07, 6.45) is 1.17. The Kier molecular flexibility index (Phi) is 3.10. The lowest BCUT2D eigenvalue weighted by Crippen LogP contribution is -1.99. The van der Waals surface area contributed by atoms with Crippen molar-refractivity contribution in [3.05, 3.63) is 20.7 Å². The summed E-state index contributed by atoms with van der Waals surface area (Å²) in [7, 11) is 0. The van der Waals surface area contributed by atoms with Gasteiger partial charge in [-0.3, -0.25) is 0 Å². The first-order chi connectivity index (χ1) is 6.72. The van der Waals surface area contributed by atoms with Gasteiger partial charge >= 0.3 is 0 Å². The Morgan fingerprint density at radius 3 is 3.14 bits per heavy atom. The fourth-order valence-electron chi connectivity index (χ4n) is 1.26. The van der Waals surface area contributed by atoms with Gasteiger partial charge in [0.05, 0.1) is 15.1 Å². The molecule has 0 fully saturated rings. The van der Waals surface area contributed by atoms with E-state index in [4.69, 9.17) is 4.74 Å². The number of ether oxygens (including phenoxy) is 1. The molecule has 0 aliphatic carbocycles. The Balaban J connectivity index is 2.35. The van der Waals surface area contributed by atoms with Crippen LogP contribution < -0.4 is 0 Å². The van der Waals surface area contributed by atoms with E-state index < -0.39 is 6.29 Å². The molecule has 0 saturated carbocycles. The van der Waals surface area contributed by atoms with Gasteiger partial charge in [0.25, 0.3) is 0 Å². The molecule has 0 aromatic carbocycles. The highest BCUT2D eigenvalue weighted by Crippen LogP contribution is 2.32. The van der Waals surface area contributed by atoms with E-state index in [9.17, 15) is 5.11 Å². The zero-order valence-corrected chi connectivity index (χ0v) is 10.6. The van der Waals surface area contributed by atoms with E-state index in [1.807, 2.05) is 19.2 Å². The van der Waals surface area contributed by atoms with Crippen molar-refractivity contribution in [3.8, 4) is 0 Å². The second kappa shape index (κ2) is 4.18. The Labute approximate surface area is 99.2 Å². The molecular formula is C9H10INO2S. The molecule has 76 valence electrons. The highest BCUT2D eigenvalue weighted by Gasteiger charge is 2.13. The Morgan fingerprint density at radius 1 is 1.71 bits per heavy atom. The van der Waals surface area contributed by atoms with Crippen LogP contribution in [0.3, 0.4) is 0 Å². The number of fused-ring (bicyclic) bond motifs is 1. The Bertz CT molecular complexity index is 437. The third-order valence-corrected chi connectivity index (χ3v) is 4.31. The van der Waals surface area contributed by atoms with Gasteiger partial charge in [0.15, 0.2) is 6.29 Å². The average Bonchev–Trinajstić information content (AvgIpc) is 2.69. The quantitative estimate of drug-likeness (QED) is 0.674. The highest BCUT2D eigenvalue weighted by molar-refractivity contribution is 14.1. The summed E-state index contributed by atoms with van der Waals surface area (Å²) in [6.45, 7) is 2.39. The molecule has 5 heteroatoms. The van der Waals surface area contributed by atoms with Crippen molar-refractivity contribution in [1.82, 2.24) is 4.98 Å². The maximum Gasteiger partial charge on any atom is 0.190 e. The number of thiophene rings is 1. The molecule has 2 heterocycles. The normalized spacial score (nSPS) is 13.6. The van der Waals surface area contributed by atoms with E-state index in [1.54, 1.807) is 11.3 Å². The van der Waals surface area contributed by atoms with Gasteiger partial charge in [-0.2, -0.15) is 0 Å². The zero-order chi connectivity index (χ0) is 10.1.